The highest BCUT2D eigenvalue weighted by atomic mass is 16.7. The van der Waals surface area contributed by atoms with E-state index in [1.165, 1.54) is 0 Å². The van der Waals surface area contributed by atoms with Crippen LogP contribution in [0.15, 0.2) is 36.1 Å². The van der Waals surface area contributed by atoms with Gasteiger partial charge >= 0.3 is 0 Å². The first kappa shape index (κ1) is 21.7. The van der Waals surface area contributed by atoms with E-state index < -0.39 is 6.29 Å². The molecule has 2 aliphatic rings. The quantitative estimate of drug-likeness (QED) is 0.660. The predicted molar refractivity (Wildman–Crippen MR) is 111 cm³/mol. The van der Waals surface area contributed by atoms with E-state index in [2.05, 4.69) is 5.32 Å². The summed E-state index contributed by atoms with van der Waals surface area (Å²) in [7, 11) is 1.64. The normalized spacial score (nSPS) is 24.7. The molecule has 1 aromatic rings. The first-order valence-corrected chi connectivity index (χ1v) is 10.7. The fourth-order valence-electron chi connectivity index (χ4n) is 4.30. The molecule has 1 fully saturated rings. The molecule has 0 saturated heterocycles. The van der Waals surface area contributed by atoms with E-state index in [4.69, 9.17) is 14.2 Å². The maximum Gasteiger partial charge on any atom is 0.286 e. The molecule has 0 bridgehead atoms. The van der Waals surface area contributed by atoms with E-state index in [0.29, 0.717) is 18.8 Å². The van der Waals surface area contributed by atoms with Gasteiger partial charge in [-0.2, -0.15) is 0 Å². The van der Waals surface area contributed by atoms with E-state index in [1.807, 2.05) is 37.3 Å². The highest BCUT2D eigenvalue weighted by molar-refractivity contribution is 5.92. The minimum Gasteiger partial charge on any atom is -0.497 e. The van der Waals surface area contributed by atoms with Gasteiger partial charge in [0.2, 0.25) is 6.29 Å². The Morgan fingerprint density at radius 2 is 1.97 bits per heavy atom. The lowest BCUT2D eigenvalue weighted by Gasteiger charge is -2.37. The van der Waals surface area contributed by atoms with Gasteiger partial charge in [-0.1, -0.05) is 25.0 Å². The molecule has 29 heavy (non-hydrogen) atoms. The molecule has 160 valence electrons. The van der Waals surface area contributed by atoms with Gasteiger partial charge in [-0.3, -0.25) is 4.79 Å². The lowest BCUT2D eigenvalue weighted by Crippen LogP contribution is -2.41. The summed E-state index contributed by atoms with van der Waals surface area (Å²) in [5.41, 5.74) is 1.08. The van der Waals surface area contributed by atoms with Crippen LogP contribution in [-0.2, 0) is 14.3 Å². The molecule has 0 spiro atoms. The zero-order valence-electron chi connectivity index (χ0n) is 17.4. The van der Waals surface area contributed by atoms with Crippen molar-refractivity contribution in [2.45, 2.75) is 63.7 Å². The van der Waals surface area contributed by atoms with Crippen LogP contribution >= 0.6 is 0 Å². The molecule has 0 unspecified atom stereocenters. The molecule has 1 aliphatic carbocycles. The Morgan fingerprint density at radius 3 is 2.59 bits per heavy atom. The largest absolute Gasteiger partial charge is 0.497 e. The maximum atomic E-state index is 12.9. The third kappa shape index (κ3) is 5.52. The van der Waals surface area contributed by atoms with Gasteiger partial charge in [0.05, 0.1) is 7.11 Å². The van der Waals surface area contributed by atoms with Crippen LogP contribution in [0.4, 0.5) is 0 Å². The number of rotatable bonds is 9. The van der Waals surface area contributed by atoms with Gasteiger partial charge < -0.3 is 24.6 Å². The molecule has 0 radical (unpaired) electrons. The van der Waals surface area contributed by atoms with E-state index in [0.717, 1.165) is 43.4 Å². The number of hydrogen-bond acceptors (Lipinski definition) is 5. The summed E-state index contributed by atoms with van der Waals surface area (Å²) < 4.78 is 17.2. The van der Waals surface area contributed by atoms with Gasteiger partial charge in [-0.25, -0.2) is 0 Å². The number of benzene rings is 1. The number of ether oxygens (including phenoxy) is 3. The number of aliphatic hydroxyl groups excluding tert-OH is 1. The summed E-state index contributed by atoms with van der Waals surface area (Å²) in [6.07, 6.45) is 7.16. The molecule has 3 atom stereocenters. The van der Waals surface area contributed by atoms with Crippen molar-refractivity contribution >= 4 is 5.91 Å². The summed E-state index contributed by atoms with van der Waals surface area (Å²) >= 11 is 0. The zero-order valence-corrected chi connectivity index (χ0v) is 17.4. The van der Waals surface area contributed by atoms with Crippen LogP contribution in [0.1, 0.15) is 56.9 Å². The molecule has 1 saturated carbocycles. The van der Waals surface area contributed by atoms with E-state index in [-0.39, 0.29) is 30.4 Å². The number of hydrogen-bond donors (Lipinski definition) is 2. The summed E-state index contributed by atoms with van der Waals surface area (Å²) in [6, 6.07) is 8.12. The van der Waals surface area contributed by atoms with Gasteiger partial charge in [0.1, 0.15) is 5.75 Å². The predicted octanol–water partition coefficient (Wildman–Crippen LogP) is 3.50. The number of carbonyl (C=O) groups is 1. The number of allylic oxidation sites excluding steroid dienone is 1. The van der Waals surface area contributed by atoms with Gasteiger partial charge in [0.15, 0.2) is 5.76 Å². The second kappa shape index (κ2) is 10.6. The first-order chi connectivity index (χ1) is 14.2. The minimum atomic E-state index is -0.520. The number of carbonyl (C=O) groups excluding carboxylic acids is 1. The summed E-state index contributed by atoms with van der Waals surface area (Å²) in [4.78, 5) is 12.9. The Morgan fingerprint density at radius 1 is 1.24 bits per heavy atom. The molecule has 1 aromatic carbocycles. The SMILES string of the molecule is CCO[C@@H]1OC(C(=O)NC2CCCC2)=C[C@H](c2ccc(OC)cc2)[C@H]1CCCO. The summed E-state index contributed by atoms with van der Waals surface area (Å²) in [5, 5.41) is 12.5. The second-order valence-electron chi connectivity index (χ2n) is 7.76. The Kier molecular flexibility index (Phi) is 7.95. The van der Waals surface area contributed by atoms with E-state index >= 15 is 0 Å². The van der Waals surface area contributed by atoms with Gasteiger partial charge in [-0.15, -0.1) is 0 Å². The molecule has 6 nitrogen and oxygen atoms in total. The van der Waals surface area contributed by atoms with Crippen molar-refractivity contribution < 1.29 is 24.1 Å². The van der Waals surface area contributed by atoms with Crippen LogP contribution in [-0.4, -0.2) is 43.7 Å². The molecule has 1 heterocycles. The van der Waals surface area contributed by atoms with Gasteiger partial charge in [-0.05, 0) is 56.4 Å². The third-order valence-corrected chi connectivity index (χ3v) is 5.83. The molecular weight excluding hydrogens is 370 g/mol. The van der Waals surface area contributed by atoms with Crippen molar-refractivity contribution in [2.24, 2.45) is 5.92 Å². The molecule has 1 amide bonds. The van der Waals surface area contributed by atoms with Crippen molar-refractivity contribution in [2.75, 3.05) is 20.3 Å². The lowest BCUT2D eigenvalue weighted by atomic mass is 9.80. The highest BCUT2D eigenvalue weighted by Crippen LogP contribution is 2.40. The molecule has 2 N–H and O–H groups in total. The molecule has 1 aliphatic heterocycles. The van der Waals surface area contributed by atoms with Crippen molar-refractivity contribution in [1.29, 1.82) is 0 Å². The minimum absolute atomic E-state index is 0.0125. The van der Waals surface area contributed by atoms with Crippen LogP contribution in [0.5, 0.6) is 5.75 Å². The monoisotopic (exact) mass is 403 g/mol. The number of amides is 1. The topological polar surface area (TPSA) is 77.0 Å². The zero-order chi connectivity index (χ0) is 20.6. The Hall–Kier alpha value is -2.05. The number of methoxy groups -OCH3 is 1. The number of nitrogens with one attached hydrogen (secondary N) is 1. The Balaban J connectivity index is 1.88. The Labute approximate surface area is 173 Å². The molecule has 3 rings (SSSR count). The van der Waals surface area contributed by atoms with Crippen molar-refractivity contribution in [1.82, 2.24) is 5.32 Å². The first-order valence-electron chi connectivity index (χ1n) is 10.7. The van der Waals surface area contributed by atoms with Crippen LogP contribution in [0.2, 0.25) is 0 Å². The smallest absolute Gasteiger partial charge is 0.286 e. The van der Waals surface area contributed by atoms with Gasteiger partial charge in [0, 0.05) is 31.1 Å². The standard InChI is InChI=1S/C23H33NO5/c1-3-28-23-19(9-6-14-25)20(16-10-12-18(27-2)13-11-16)15-21(29-23)22(26)24-17-7-4-5-8-17/h10-13,15,17,19-20,23,25H,3-9,14H2,1-2H3,(H,24,26)/t19-,20-,23-/m1/s1. The van der Waals surface area contributed by atoms with E-state index in [1.54, 1.807) is 7.11 Å². The van der Waals surface area contributed by atoms with Crippen molar-refractivity contribution in [3.8, 4) is 5.75 Å². The molecular formula is C23H33NO5. The van der Waals surface area contributed by atoms with Crippen LogP contribution < -0.4 is 10.1 Å². The highest BCUT2D eigenvalue weighted by Gasteiger charge is 2.38. The summed E-state index contributed by atoms with van der Waals surface area (Å²) in [5.74, 6) is 0.926. The fraction of sp³-hybridized carbons (Fsp3) is 0.609. The lowest BCUT2D eigenvalue weighted by molar-refractivity contribution is -0.166. The van der Waals surface area contributed by atoms with Crippen molar-refractivity contribution in [3.05, 3.63) is 41.7 Å². The maximum absolute atomic E-state index is 12.9. The van der Waals surface area contributed by atoms with Crippen LogP contribution in [0.3, 0.4) is 0 Å². The molecule has 6 heteroatoms. The van der Waals surface area contributed by atoms with Crippen LogP contribution in [0.25, 0.3) is 0 Å². The average molecular weight is 404 g/mol. The van der Waals surface area contributed by atoms with Crippen molar-refractivity contribution in [3.63, 3.8) is 0 Å². The Bertz CT molecular complexity index is 681. The van der Waals surface area contributed by atoms with Gasteiger partial charge in [0.25, 0.3) is 5.91 Å². The molecule has 0 aromatic heterocycles. The fourth-order valence-corrected chi connectivity index (χ4v) is 4.30. The van der Waals surface area contributed by atoms with Crippen LogP contribution in [0, 0.1) is 5.92 Å². The third-order valence-electron chi connectivity index (χ3n) is 5.83. The second-order valence-corrected chi connectivity index (χ2v) is 7.76. The average Bonchev–Trinajstić information content (AvgIpc) is 3.25. The number of aliphatic hydroxyl groups is 1. The van der Waals surface area contributed by atoms with E-state index in [9.17, 15) is 9.90 Å². The summed E-state index contributed by atoms with van der Waals surface area (Å²) in [6.45, 7) is 2.53.